The second-order valence-corrected chi connectivity index (χ2v) is 8.44. The van der Waals surface area contributed by atoms with Gasteiger partial charge in [0, 0.05) is 50.2 Å². The van der Waals surface area contributed by atoms with Gasteiger partial charge < -0.3 is 20.4 Å². The first-order valence-corrected chi connectivity index (χ1v) is 10.9. The average Bonchev–Trinajstić information content (AvgIpc) is 2.79. The number of anilines is 1. The molecule has 0 saturated carbocycles. The Kier molecular flexibility index (Phi) is 6.18. The number of hydrogen-bond donors (Lipinski definition) is 1. The number of piperidine rings is 1. The molecule has 0 unspecified atom stereocenters. The van der Waals surface area contributed by atoms with Gasteiger partial charge in [-0.15, -0.1) is 0 Å². The molecule has 3 heterocycles. The number of piperazine rings is 1. The fraction of sp³-hybridized carbons (Fsp3) is 0.478. The van der Waals surface area contributed by atoms with Crippen LogP contribution in [0, 0.1) is 6.92 Å². The van der Waals surface area contributed by atoms with E-state index < -0.39 is 5.91 Å². The summed E-state index contributed by atoms with van der Waals surface area (Å²) >= 11 is 0. The second-order valence-electron chi connectivity index (χ2n) is 8.44. The zero-order chi connectivity index (χ0) is 22.0. The van der Waals surface area contributed by atoms with Crippen molar-refractivity contribution in [1.29, 1.82) is 0 Å². The zero-order valence-corrected chi connectivity index (χ0v) is 18.3. The van der Waals surface area contributed by atoms with Gasteiger partial charge in [-0.25, -0.2) is 9.97 Å². The number of primary amides is 1. The van der Waals surface area contributed by atoms with Crippen LogP contribution < -0.4 is 10.6 Å². The smallest absolute Gasteiger partial charge is 0.254 e. The van der Waals surface area contributed by atoms with Crippen molar-refractivity contribution in [2.75, 3.05) is 44.7 Å². The number of likely N-dealkylation sites (tertiary alicyclic amines) is 1. The molecule has 2 aliphatic heterocycles. The normalized spacial score (nSPS) is 20.0. The number of nitrogens with two attached hydrogens (primary N) is 1. The number of carbonyl (C=O) groups is 2. The van der Waals surface area contributed by atoms with Crippen molar-refractivity contribution in [1.82, 2.24) is 19.8 Å². The monoisotopic (exact) mass is 422 g/mol. The van der Waals surface area contributed by atoms with Crippen LogP contribution in [0.15, 0.2) is 30.5 Å². The van der Waals surface area contributed by atoms with Crippen LogP contribution >= 0.6 is 0 Å². The van der Waals surface area contributed by atoms with E-state index in [0.717, 1.165) is 51.1 Å². The lowest BCUT2D eigenvalue weighted by molar-refractivity contribution is 0.0599. The number of aryl methyl sites for hydroxylation is 1. The van der Waals surface area contributed by atoms with Crippen molar-refractivity contribution >= 4 is 17.5 Å². The molecule has 1 aromatic carbocycles. The molecule has 0 bridgehead atoms. The molecule has 164 valence electrons. The summed E-state index contributed by atoms with van der Waals surface area (Å²) in [6.45, 7) is 6.50. The van der Waals surface area contributed by atoms with E-state index in [1.165, 1.54) is 6.20 Å². The molecular formula is C23H30N6O2. The highest BCUT2D eigenvalue weighted by Gasteiger charge is 2.31. The zero-order valence-electron chi connectivity index (χ0n) is 18.3. The van der Waals surface area contributed by atoms with E-state index in [-0.39, 0.29) is 11.9 Å². The Hall–Kier alpha value is -3.00. The van der Waals surface area contributed by atoms with E-state index in [1.807, 2.05) is 29.2 Å². The van der Waals surface area contributed by atoms with Gasteiger partial charge in [-0.2, -0.15) is 0 Å². The first-order valence-electron chi connectivity index (χ1n) is 10.9. The molecule has 31 heavy (non-hydrogen) atoms. The van der Waals surface area contributed by atoms with Crippen molar-refractivity contribution in [3.63, 3.8) is 0 Å². The van der Waals surface area contributed by atoms with Gasteiger partial charge in [0.05, 0.1) is 17.3 Å². The molecule has 0 radical (unpaired) electrons. The number of hydrogen-bond acceptors (Lipinski definition) is 6. The maximum atomic E-state index is 13.4. The predicted molar refractivity (Wildman–Crippen MR) is 119 cm³/mol. The van der Waals surface area contributed by atoms with Gasteiger partial charge in [-0.1, -0.05) is 0 Å². The quantitative estimate of drug-likeness (QED) is 0.810. The largest absolute Gasteiger partial charge is 0.369 e. The number of carbonyl (C=O) groups excluding carboxylic acids is 2. The maximum absolute atomic E-state index is 13.4. The summed E-state index contributed by atoms with van der Waals surface area (Å²) in [5, 5.41) is 0. The van der Waals surface area contributed by atoms with Crippen molar-refractivity contribution < 1.29 is 9.59 Å². The second kappa shape index (κ2) is 9.01. The molecule has 8 heteroatoms. The number of rotatable bonds is 4. The Morgan fingerprint density at radius 3 is 2.39 bits per heavy atom. The molecule has 2 amide bonds. The third-order valence-corrected chi connectivity index (χ3v) is 6.31. The molecule has 4 rings (SSSR count). The molecule has 2 aliphatic rings. The van der Waals surface area contributed by atoms with Crippen LogP contribution in [-0.2, 0) is 0 Å². The van der Waals surface area contributed by atoms with Crippen LogP contribution in [0.2, 0.25) is 0 Å². The van der Waals surface area contributed by atoms with Gasteiger partial charge in [0.25, 0.3) is 11.8 Å². The summed E-state index contributed by atoms with van der Waals surface area (Å²) in [6.07, 6.45) is 4.25. The molecule has 0 spiro atoms. The Bertz CT molecular complexity index is 953. The first-order chi connectivity index (χ1) is 14.9. The molecule has 2 aromatic rings. The first kappa shape index (κ1) is 21.2. The Morgan fingerprint density at radius 1 is 1.03 bits per heavy atom. The Morgan fingerprint density at radius 2 is 1.74 bits per heavy atom. The minimum Gasteiger partial charge on any atom is -0.369 e. The maximum Gasteiger partial charge on any atom is 0.254 e. The van der Waals surface area contributed by atoms with E-state index in [4.69, 9.17) is 5.73 Å². The average molecular weight is 423 g/mol. The number of aromatic nitrogens is 2. The summed E-state index contributed by atoms with van der Waals surface area (Å²) < 4.78 is 0. The number of nitrogens with zero attached hydrogens (tertiary/aromatic N) is 5. The van der Waals surface area contributed by atoms with Crippen molar-refractivity contribution in [3.05, 3.63) is 53.1 Å². The van der Waals surface area contributed by atoms with Gasteiger partial charge in [-0.3, -0.25) is 9.59 Å². The minimum atomic E-state index is -0.541. The predicted octanol–water partition coefficient (Wildman–Crippen LogP) is 2.00. The summed E-state index contributed by atoms with van der Waals surface area (Å²) in [5.41, 5.74) is 8.07. The fourth-order valence-electron chi connectivity index (χ4n) is 4.38. The summed E-state index contributed by atoms with van der Waals surface area (Å²) in [5.74, 6) is 0.0283. The van der Waals surface area contributed by atoms with Gasteiger partial charge in [-0.05, 0) is 57.5 Å². The molecule has 2 N–H and O–H groups in total. The lowest BCUT2D eigenvalue weighted by Crippen LogP contribution is -2.44. The molecule has 8 nitrogen and oxygen atoms in total. The highest BCUT2D eigenvalue weighted by atomic mass is 16.2. The van der Waals surface area contributed by atoms with Crippen molar-refractivity contribution in [3.8, 4) is 0 Å². The topological polar surface area (TPSA) is 95.7 Å². The van der Waals surface area contributed by atoms with Crippen LogP contribution in [-0.4, -0.2) is 71.4 Å². The fourth-order valence-corrected chi connectivity index (χ4v) is 4.38. The van der Waals surface area contributed by atoms with Crippen LogP contribution in [0.3, 0.4) is 0 Å². The van der Waals surface area contributed by atoms with Crippen molar-refractivity contribution in [2.45, 2.75) is 32.2 Å². The summed E-state index contributed by atoms with van der Waals surface area (Å²) in [4.78, 5) is 40.3. The van der Waals surface area contributed by atoms with Gasteiger partial charge in [0.2, 0.25) is 0 Å². The standard InChI is InChI=1S/C23H30N6O2/c1-16-19(21(24)30)15-25-22(26-16)20-5-3-4-10-29(20)23(31)17-6-8-18(9-7-17)28-13-11-27(2)12-14-28/h6-9,15,20H,3-5,10-14H2,1-2H3,(H2,24,30)/t20-/m1/s1. The molecule has 2 fully saturated rings. The highest BCUT2D eigenvalue weighted by molar-refractivity contribution is 5.95. The summed E-state index contributed by atoms with van der Waals surface area (Å²) in [6, 6.07) is 7.73. The van der Waals surface area contributed by atoms with Crippen LogP contribution in [0.1, 0.15) is 57.5 Å². The number of likely N-dealkylation sites (N-methyl/N-ethyl adjacent to an activating group) is 1. The molecule has 1 aromatic heterocycles. The Balaban J connectivity index is 1.52. The van der Waals surface area contributed by atoms with E-state index in [1.54, 1.807) is 6.92 Å². The van der Waals surface area contributed by atoms with Crippen LogP contribution in [0.4, 0.5) is 5.69 Å². The lowest BCUT2D eigenvalue weighted by atomic mass is 9.99. The van der Waals surface area contributed by atoms with E-state index in [2.05, 4.69) is 26.8 Å². The molecule has 2 saturated heterocycles. The van der Waals surface area contributed by atoms with Gasteiger partial charge in [0.1, 0.15) is 0 Å². The Labute approximate surface area is 183 Å². The van der Waals surface area contributed by atoms with Crippen LogP contribution in [0.5, 0.6) is 0 Å². The van der Waals surface area contributed by atoms with Crippen LogP contribution in [0.25, 0.3) is 0 Å². The van der Waals surface area contributed by atoms with E-state index in [0.29, 0.717) is 29.2 Å². The highest BCUT2D eigenvalue weighted by Crippen LogP contribution is 2.31. The third kappa shape index (κ3) is 4.54. The van der Waals surface area contributed by atoms with E-state index in [9.17, 15) is 9.59 Å². The summed E-state index contributed by atoms with van der Waals surface area (Å²) in [7, 11) is 2.14. The molecule has 0 aliphatic carbocycles. The van der Waals surface area contributed by atoms with Gasteiger partial charge in [0.15, 0.2) is 5.82 Å². The van der Waals surface area contributed by atoms with Gasteiger partial charge >= 0.3 is 0 Å². The van der Waals surface area contributed by atoms with E-state index >= 15 is 0 Å². The molecular weight excluding hydrogens is 392 g/mol. The number of amides is 2. The number of benzene rings is 1. The third-order valence-electron chi connectivity index (χ3n) is 6.31. The lowest BCUT2D eigenvalue weighted by Gasteiger charge is -2.35. The molecule has 1 atom stereocenters. The minimum absolute atomic E-state index is 0.00476. The van der Waals surface area contributed by atoms with Crippen molar-refractivity contribution in [2.24, 2.45) is 5.73 Å². The SMILES string of the molecule is Cc1nc([C@H]2CCCCN2C(=O)c2ccc(N3CCN(C)CC3)cc2)ncc1C(N)=O.